The number of hydrogen-bond acceptors (Lipinski definition) is 6. The van der Waals surface area contributed by atoms with Crippen LogP contribution in [0.2, 0.25) is 0 Å². The first-order valence-corrected chi connectivity index (χ1v) is 10.7. The topological polar surface area (TPSA) is 47.1 Å². The minimum Gasteiger partial charge on any atom is -0.454 e. The van der Waals surface area contributed by atoms with Gasteiger partial charge in [0, 0.05) is 49.8 Å². The van der Waals surface area contributed by atoms with Gasteiger partial charge in [0.2, 0.25) is 6.79 Å². The molecule has 0 radical (unpaired) electrons. The molecular weight excluding hydrogens is 366 g/mol. The minimum absolute atomic E-state index is 0.329. The van der Waals surface area contributed by atoms with Crippen LogP contribution in [0.4, 0.5) is 5.69 Å². The zero-order valence-electron chi connectivity index (χ0n) is 16.8. The Morgan fingerprint density at radius 3 is 2.79 bits per heavy atom. The van der Waals surface area contributed by atoms with Gasteiger partial charge in [-0.3, -0.25) is 9.88 Å². The highest BCUT2D eigenvalue weighted by Gasteiger charge is 2.29. The van der Waals surface area contributed by atoms with Crippen LogP contribution in [-0.4, -0.2) is 55.0 Å². The van der Waals surface area contributed by atoms with Crippen LogP contribution in [0.1, 0.15) is 31.2 Å². The molecule has 2 saturated heterocycles. The number of fused-ring (bicyclic) bond motifs is 1. The number of anilines is 1. The molecule has 0 saturated carbocycles. The molecule has 5 rings (SSSR count). The molecule has 0 amide bonds. The van der Waals surface area contributed by atoms with Crippen LogP contribution in [0.15, 0.2) is 42.7 Å². The number of ether oxygens (including phenoxy) is 3. The smallest absolute Gasteiger partial charge is 0.231 e. The van der Waals surface area contributed by atoms with Gasteiger partial charge in [-0.2, -0.15) is 0 Å². The van der Waals surface area contributed by atoms with E-state index in [1.165, 1.54) is 31.5 Å². The Hall–Kier alpha value is -2.31. The second-order valence-corrected chi connectivity index (χ2v) is 8.19. The largest absolute Gasteiger partial charge is 0.454 e. The number of likely N-dealkylation sites (tertiary alicyclic amines) is 1. The summed E-state index contributed by atoms with van der Waals surface area (Å²) in [5.74, 6) is 1.73. The summed E-state index contributed by atoms with van der Waals surface area (Å²) in [5, 5.41) is 0. The summed E-state index contributed by atoms with van der Waals surface area (Å²) >= 11 is 0. The predicted molar refractivity (Wildman–Crippen MR) is 111 cm³/mol. The molecule has 1 atom stereocenters. The standard InChI is InChI=1S/C23H29N3O3/c1-3-18(14-24-9-1)16-27-21-4-2-10-26(15-21)19-7-11-25(12-8-19)20-5-6-22-23(13-20)29-17-28-22/h1,3,5-6,9,13-14,19,21H,2,4,7-8,10-12,15-17H2. The molecule has 1 aromatic carbocycles. The van der Waals surface area contributed by atoms with E-state index < -0.39 is 0 Å². The zero-order chi connectivity index (χ0) is 19.5. The van der Waals surface area contributed by atoms with Gasteiger partial charge in [-0.1, -0.05) is 6.07 Å². The molecule has 6 nitrogen and oxygen atoms in total. The third-order valence-corrected chi connectivity index (χ3v) is 6.32. The van der Waals surface area contributed by atoms with E-state index in [9.17, 15) is 0 Å². The van der Waals surface area contributed by atoms with Crippen LogP contribution in [0, 0.1) is 0 Å². The Bertz CT molecular complexity index is 808. The van der Waals surface area contributed by atoms with Gasteiger partial charge >= 0.3 is 0 Å². The Kier molecular flexibility index (Phi) is 5.54. The van der Waals surface area contributed by atoms with Gasteiger partial charge in [0.25, 0.3) is 0 Å². The molecule has 4 heterocycles. The molecule has 3 aliphatic heterocycles. The van der Waals surface area contributed by atoms with Gasteiger partial charge in [-0.15, -0.1) is 0 Å². The fraction of sp³-hybridized carbons (Fsp3) is 0.522. The first-order chi connectivity index (χ1) is 14.3. The van der Waals surface area contributed by atoms with E-state index in [1.807, 2.05) is 24.5 Å². The molecule has 0 spiro atoms. The Morgan fingerprint density at radius 2 is 1.93 bits per heavy atom. The summed E-state index contributed by atoms with van der Waals surface area (Å²) in [5.41, 5.74) is 2.39. The molecule has 2 fully saturated rings. The molecule has 0 N–H and O–H groups in total. The molecule has 29 heavy (non-hydrogen) atoms. The van der Waals surface area contributed by atoms with Crippen LogP contribution in [-0.2, 0) is 11.3 Å². The van der Waals surface area contributed by atoms with Gasteiger partial charge < -0.3 is 19.1 Å². The van der Waals surface area contributed by atoms with Crippen molar-refractivity contribution >= 4 is 5.69 Å². The zero-order valence-corrected chi connectivity index (χ0v) is 16.8. The molecule has 154 valence electrons. The maximum Gasteiger partial charge on any atom is 0.231 e. The third kappa shape index (κ3) is 4.33. The van der Waals surface area contributed by atoms with Crippen molar-refractivity contribution in [2.75, 3.05) is 37.9 Å². The van der Waals surface area contributed by atoms with Crippen molar-refractivity contribution in [2.24, 2.45) is 0 Å². The fourth-order valence-corrected chi connectivity index (χ4v) is 4.70. The minimum atomic E-state index is 0.329. The number of aromatic nitrogens is 1. The average Bonchev–Trinajstić information content (AvgIpc) is 3.27. The monoisotopic (exact) mass is 395 g/mol. The summed E-state index contributed by atoms with van der Waals surface area (Å²) in [6, 6.07) is 11.0. The highest BCUT2D eigenvalue weighted by atomic mass is 16.7. The van der Waals surface area contributed by atoms with E-state index in [0.717, 1.165) is 43.1 Å². The lowest BCUT2D eigenvalue weighted by atomic mass is 9.98. The predicted octanol–water partition coefficient (Wildman–Crippen LogP) is 3.46. The van der Waals surface area contributed by atoms with Gasteiger partial charge in [-0.05, 0) is 56.0 Å². The van der Waals surface area contributed by atoms with Crippen molar-refractivity contribution in [2.45, 2.75) is 44.4 Å². The van der Waals surface area contributed by atoms with E-state index in [2.05, 4.69) is 33.0 Å². The van der Waals surface area contributed by atoms with E-state index in [0.29, 0.717) is 25.5 Å². The van der Waals surface area contributed by atoms with Crippen molar-refractivity contribution in [1.82, 2.24) is 9.88 Å². The number of rotatable bonds is 5. The second kappa shape index (κ2) is 8.59. The SMILES string of the molecule is c1cncc(COC2CCCN(C3CCN(c4ccc5c(c4)OCO5)CC3)C2)c1. The lowest BCUT2D eigenvalue weighted by molar-refractivity contribution is -0.0242. The van der Waals surface area contributed by atoms with Crippen LogP contribution in [0.25, 0.3) is 0 Å². The third-order valence-electron chi connectivity index (χ3n) is 6.32. The first kappa shape index (κ1) is 18.7. The van der Waals surface area contributed by atoms with Crippen LogP contribution < -0.4 is 14.4 Å². The molecule has 3 aliphatic rings. The molecule has 1 aromatic heterocycles. The van der Waals surface area contributed by atoms with Crippen LogP contribution in [0.5, 0.6) is 11.5 Å². The lowest BCUT2D eigenvalue weighted by Gasteiger charge is -2.42. The first-order valence-electron chi connectivity index (χ1n) is 10.7. The van der Waals surface area contributed by atoms with Crippen molar-refractivity contribution in [3.8, 4) is 11.5 Å². The molecule has 1 unspecified atom stereocenters. The summed E-state index contributed by atoms with van der Waals surface area (Å²) in [6.07, 6.45) is 8.81. The molecular formula is C23H29N3O3. The number of benzene rings is 1. The fourth-order valence-electron chi connectivity index (χ4n) is 4.70. The number of hydrogen-bond donors (Lipinski definition) is 0. The second-order valence-electron chi connectivity index (χ2n) is 8.19. The Balaban J connectivity index is 1.12. The highest BCUT2D eigenvalue weighted by Crippen LogP contribution is 2.36. The van der Waals surface area contributed by atoms with Crippen molar-refractivity contribution in [3.63, 3.8) is 0 Å². The quantitative estimate of drug-likeness (QED) is 0.773. The van der Waals surface area contributed by atoms with E-state index in [4.69, 9.17) is 14.2 Å². The van der Waals surface area contributed by atoms with Gasteiger partial charge in [0.1, 0.15) is 0 Å². The maximum atomic E-state index is 6.21. The average molecular weight is 396 g/mol. The van der Waals surface area contributed by atoms with E-state index in [-0.39, 0.29) is 0 Å². The summed E-state index contributed by atoms with van der Waals surface area (Å²) < 4.78 is 17.2. The Labute approximate surface area is 172 Å². The van der Waals surface area contributed by atoms with Crippen LogP contribution >= 0.6 is 0 Å². The van der Waals surface area contributed by atoms with Crippen LogP contribution in [0.3, 0.4) is 0 Å². The van der Waals surface area contributed by atoms with Gasteiger partial charge in [0.15, 0.2) is 11.5 Å². The number of nitrogens with zero attached hydrogens (tertiary/aromatic N) is 3. The summed E-state index contributed by atoms with van der Waals surface area (Å²) in [6.45, 7) is 5.41. The van der Waals surface area contributed by atoms with Crippen molar-refractivity contribution in [1.29, 1.82) is 0 Å². The normalized spacial score (nSPS) is 22.8. The molecule has 0 bridgehead atoms. The Morgan fingerprint density at radius 1 is 1.03 bits per heavy atom. The number of piperidine rings is 2. The van der Waals surface area contributed by atoms with E-state index >= 15 is 0 Å². The highest BCUT2D eigenvalue weighted by molar-refractivity contribution is 5.57. The number of pyridine rings is 1. The van der Waals surface area contributed by atoms with Crippen molar-refractivity contribution in [3.05, 3.63) is 48.3 Å². The summed E-state index contributed by atoms with van der Waals surface area (Å²) in [4.78, 5) is 9.31. The summed E-state index contributed by atoms with van der Waals surface area (Å²) in [7, 11) is 0. The van der Waals surface area contributed by atoms with Crippen molar-refractivity contribution < 1.29 is 14.2 Å². The molecule has 6 heteroatoms. The van der Waals surface area contributed by atoms with E-state index in [1.54, 1.807) is 0 Å². The van der Waals surface area contributed by atoms with Gasteiger partial charge in [0.05, 0.1) is 12.7 Å². The molecule has 2 aromatic rings. The molecule has 0 aliphatic carbocycles. The van der Waals surface area contributed by atoms with Gasteiger partial charge in [-0.25, -0.2) is 0 Å². The maximum absolute atomic E-state index is 6.21. The lowest BCUT2D eigenvalue weighted by Crippen LogP contribution is -2.50.